The summed E-state index contributed by atoms with van der Waals surface area (Å²) in [5, 5.41) is 4.33. The van der Waals surface area contributed by atoms with E-state index < -0.39 is 17.3 Å². The van der Waals surface area contributed by atoms with Gasteiger partial charge in [-0.1, -0.05) is 29.5 Å². The van der Waals surface area contributed by atoms with E-state index in [2.05, 4.69) is 10.3 Å². The molecule has 1 N–H and O–H groups in total. The van der Waals surface area contributed by atoms with Crippen molar-refractivity contribution in [2.45, 2.75) is 6.18 Å². The molecule has 0 amide bonds. The Morgan fingerprint density at radius 1 is 1.07 bits per heavy atom. The van der Waals surface area contributed by atoms with Gasteiger partial charge in [-0.15, -0.1) is 0 Å². The molecule has 0 unspecified atom stereocenters. The molecule has 0 aliphatic carbocycles. The number of nitrogens with zero attached hydrogens (tertiary/aromatic N) is 3. The van der Waals surface area contributed by atoms with Gasteiger partial charge in [0.05, 0.1) is 10.9 Å². The van der Waals surface area contributed by atoms with Crippen LogP contribution >= 0.6 is 23.6 Å². The Hall–Kier alpha value is -2.72. The molecule has 2 aromatic carbocycles. The van der Waals surface area contributed by atoms with Crippen LogP contribution in [-0.4, -0.2) is 41.2 Å². The summed E-state index contributed by atoms with van der Waals surface area (Å²) < 4.78 is 39.2. The monoisotopic (exact) mass is 450 g/mol. The van der Waals surface area contributed by atoms with Crippen molar-refractivity contribution in [2.75, 3.05) is 36.4 Å². The maximum absolute atomic E-state index is 12.9. The van der Waals surface area contributed by atoms with E-state index in [0.717, 1.165) is 17.8 Å². The maximum atomic E-state index is 12.9. The van der Waals surface area contributed by atoms with Gasteiger partial charge in [0, 0.05) is 36.6 Å². The number of thiocarbonyl (C=S) groups is 1. The Kier molecular flexibility index (Phi) is 5.61. The highest BCUT2D eigenvalue weighted by molar-refractivity contribution is 7.80. The lowest BCUT2D eigenvalue weighted by Crippen LogP contribution is -2.50. The van der Waals surface area contributed by atoms with Gasteiger partial charge in [0.1, 0.15) is 0 Å². The molecule has 1 aromatic heterocycles. The van der Waals surface area contributed by atoms with Gasteiger partial charge in [-0.2, -0.15) is 18.2 Å². The second kappa shape index (κ2) is 8.19. The molecule has 156 valence electrons. The van der Waals surface area contributed by atoms with Gasteiger partial charge in [0.2, 0.25) is 0 Å². The first-order chi connectivity index (χ1) is 14.3. The quantitative estimate of drug-likeness (QED) is 0.591. The highest BCUT2D eigenvalue weighted by Gasteiger charge is 2.31. The summed E-state index contributed by atoms with van der Waals surface area (Å²) in [4.78, 5) is 20.4. The summed E-state index contributed by atoms with van der Waals surface area (Å²) in [6, 6.07) is 12.8. The van der Waals surface area contributed by atoms with E-state index in [-0.39, 0.29) is 5.39 Å². The first kappa shape index (κ1) is 20.5. The van der Waals surface area contributed by atoms with Crippen LogP contribution in [0.25, 0.3) is 10.1 Å². The van der Waals surface area contributed by atoms with Gasteiger partial charge < -0.3 is 15.1 Å². The van der Waals surface area contributed by atoms with Gasteiger partial charge in [-0.3, -0.25) is 4.79 Å². The molecule has 0 radical (unpaired) electrons. The number of hydrogen-bond acceptors (Lipinski definition) is 5. The number of fused-ring (bicyclic) bond motifs is 1. The third-order valence-electron chi connectivity index (χ3n) is 4.80. The summed E-state index contributed by atoms with van der Waals surface area (Å²) in [6.07, 6.45) is -4.49. The lowest BCUT2D eigenvalue weighted by molar-refractivity contribution is -0.137. The number of anilines is 2. The lowest BCUT2D eigenvalue weighted by atomic mass is 10.2. The minimum Gasteiger partial charge on any atom is -0.345 e. The zero-order chi connectivity index (χ0) is 21.3. The van der Waals surface area contributed by atoms with Crippen LogP contribution in [0.4, 0.5) is 24.0 Å². The van der Waals surface area contributed by atoms with Gasteiger partial charge >= 0.3 is 6.18 Å². The van der Waals surface area contributed by atoms with Crippen molar-refractivity contribution >= 4 is 49.6 Å². The fourth-order valence-corrected chi connectivity index (χ4v) is 4.52. The van der Waals surface area contributed by atoms with Crippen molar-refractivity contribution in [2.24, 2.45) is 0 Å². The molecule has 2 heterocycles. The van der Waals surface area contributed by atoms with Crippen LogP contribution in [0.1, 0.15) is 5.56 Å². The number of halogens is 3. The van der Waals surface area contributed by atoms with Crippen LogP contribution in [-0.2, 0) is 6.18 Å². The third-order valence-corrected chi connectivity index (χ3v) is 6.27. The Labute approximate surface area is 179 Å². The summed E-state index contributed by atoms with van der Waals surface area (Å²) in [7, 11) is 0. The molecule has 1 aliphatic rings. The highest BCUT2D eigenvalue weighted by atomic mass is 32.1. The first-order valence-corrected chi connectivity index (χ1v) is 10.4. The summed E-state index contributed by atoms with van der Waals surface area (Å²) >= 11 is 6.70. The number of alkyl halides is 3. The minimum atomic E-state index is -4.49. The number of hydrogen-bond donors (Lipinski definition) is 1. The smallest absolute Gasteiger partial charge is 0.345 e. The van der Waals surface area contributed by atoms with Crippen molar-refractivity contribution in [3.63, 3.8) is 0 Å². The molecule has 0 saturated carbocycles. The lowest BCUT2D eigenvalue weighted by Gasteiger charge is -2.36. The predicted molar refractivity (Wildman–Crippen MR) is 117 cm³/mol. The Morgan fingerprint density at radius 2 is 1.77 bits per heavy atom. The van der Waals surface area contributed by atoms with Gasteiger partial charge in [0.15, 0.2) is 10.2 Å². The van der Waals surface area contributed by atoms with E-state index in [0.29, 0.717) is 41.1 Å². The topological polar surface area (TPSA) is 48.5 Å². The van der Waals surface area contributed by atoms with E-state index in [1.807, 2.05) is 40.1 Å². The van der Waals surface area contributed by atoms with Gasteiger partial charge in [-0.25, -0.2) is 0 Å². The Bertz CT molecular complexity index is 1130. The second-order valence-electron chi connectivity index (χ2n) is 6.78. The molecule has 1 saturated heterocycles. The Balaban J connectivity index is 1.47. The normalized spacial score (nSPS) is 14.8. The number of para-hydroxylation sites is 1. The minimum absolute atomic E-state index is 0.00884. The van der Waals surface area contributed by atoms with Crippen LogP contribution in [0.2, 0.25) is 0 Å². The molecule has 0 bridgehead atoms. The fraction of sp³-hybridized carbons (Fsp3) is 0.250. The van der Waals surface area contributed by atoms with Crippen LogP contribution < -0.4 is 15.8 Å². The molecule has 1 fully saturated rings. The highest BCUT2D eigenvalue weighted by Crippen LogP contribution is 2.32. The summed E-state index contributed by atoms with van der Waals surface area (Å²) in [5.74, 6) is 0. The summed E-state index contributed by atoms with van der Waals surface area (Å²) in [5.41, 5.74) is -0.576. The number of nitrogens with one attached hydrogen (secondary N) is 1. The average molecular weight is 451 g/mol. The van der Waals surface area contributed by atoms with Crippen LogP contribution in [0.5, 0.6) is 0 Å². The largest absolute Gasteiger partial charge is 0.416 e. The molecule has 1 aliphatic heterocycles. The van der Waals surface area contributed by atoms with Crippen molar-refractivity contribution < 1.29 is 13.2 Å². The van der Waals surface area contributed by atoms with Crippen LogP contribution in [0, 0.1) is 0 Å². The van der Waals surface area contributed by atoms with Crippen LogP contribution in [0.3, 0.4) is 0 Å². The summed E-state index contributed by atoms with van der Waals surface area (Å²) in [6.45, 7) is 2.50. The van der Waals surface area contributed by atoms with Crippen molar-refractivity contribution in [1.82, 2.24) is 9.88 Å². The predicted octanol–water partition coefficient (Wildman–Crippen LogP) is 4.19. The number of rotatable bonds is 2. The molecular formula is C20H17F3N4OS2. The average Bonchev–Trinajstić information content (AvgIpc) is 2.73. The first-order valence-electron chi connectivity index (χ1n) is 9.19. The SMILES string of the molecule is O=c1nc(N2CCN(C(=S)Nc3ccccc3)CC2)sc2ccc(C(F)(F)F)cc12. The van der Waals surface area contributed by atoms with E-state index in [9.17, 15) is 18.0 Å². The molecule has 0 spiro atoms. The third kappa shape index (κ3) is 4.39. The van der Waals surface area contributed by atoms with E-state index >= 15 is 0 Å². The molecule has 30 heavy (non-hydrogen) atoms. The number of piperazine rings is 1. The van der Waals surface area contributed by atoms with Crippen molar-refractivity contribution in [3.8, 4) is 0 Å². The van der Waals surface area contributed by atoms with Gasteiger partial charge in [-0.05, 0) is 42.5 Å². The molecule has 4 rings (SSSR count). The zero-order valence-corrected chi connectivity index (χ0v) is 17.3. The van der Waals surface area contributed by atoms with Crippen molar-refractivity contribution in [3.05, 3.63) is 64.4 Å². The molecular weight excluding hydrogens is 433 g/mol. The maximum Gasteiger partial charge on any atom is 0.416 e. The number of aromatic nitrogens is 1. The van der Waals surface area contributed by atoms with E-state index in [1.165, 1.54) is 17.4 Å². The zero-order valence-electron chi connectivity index (χ0n) is 15.6. The van der Waals surface area contributed by atoms with Crippen LogP contribution in [0.15, 0.2) is 53.3 Å². The van der Waals surface area contributed by atoms with E-state index in [4.69, 9.17) is 12.2 Å². The molecule has 3 aromatic rings. The fourth-order valence-electron chi connectivity index (χ4n) is 3.19. The second-order valence-corrected chi connectivity index (χ2v) is 8.18. The standard InChI is InChI=1S/C20H17F3N4OS2/c21-20(22,23)13-6-7-16-15(12-13)17(28)25-19(30-16)27-10-8-26(9-11-27)18(29)24-14-4-2-1-3-5-14/h1-7,12H,8-11H2,(H,24,29). The number of benzene rings is 2. The Morgan fingerprint density at radius 3 is 2.43 bits per heavy atom. The van der Waals surface area contributed by atoms with E-state index in [1.54, 1.807) is 0 Å². The molecule has 10 heteroatoms. The molecule has 0 atom stereocenters. The molecule has 5 nitrogen and oxygen atoms in total. The van der Waals surface area contributed by atoms with Crippen molar-refractivity contribution in [1.29, 1.82) is 0 Å². The van der Waals surface area contributed by atoms with Gasteiger partial charge in [0.25, 0.3) is 5.56 Å².